The Balaban J connectivity index is 2.55. The van der Waals surface area contributed by atoms with Crippen molar-refractivity contribution < 1.29 is 13.2 Å². The van der Waals surface area contributed by atoms with Gasteiger partial charge in [-0.05, 0) is 43.6 Å². The summed E-state index contributed by atoms with van der Waals surface area (Å²) in [6, 6.07) is 0.239. The molecular formula is C15H28F3N. The lowest BCUT2D eigenvalue weighted by Gasteiger charge is -2.43. The Bertz CT molecular complexity index is 261. The van der Waals surface area contributed by atoms with E-state index in [1.165, 1.54) is 19.3 Å². The third-order valence-corrected chi connectivity index (χ3v) is 4.52. The van der Waals surface area contributed by atoms with Gasteiger partial charge in [-0.3, -0.25) is 0 Å². The molecule has 2 atom stereocenters. The van der Waals surface area contributed by atoms with Crippen LogP contribution in [-0.2, 0) is 0 Å². The van der Waals surface area contributed by atoms with Crippen LogP contribution >= 0.6 is 0 Å². The molecule has 4 heteroatoms. The second-order valence-corrected chi connectivity index (χ2v) is 6.51. The fourth-order valence-corrected chi connectivity index (χ4v) is 3.50. The molecular weight excluding hydrogens is 251 g/mol. The first kappa shape index (κ1) is 16.8. The Labute approximate surface area is 115 Å². The van der Waals surface area contributed by atoms with E-state index in [-0.39, 0.29) is 17.9 Å². The van der Waals surface area contributed by atoms with Gasteiger partial charge < -0.3 is 5.32 Å². The molecule has 1 rings (SSSR count). The summed E-state index contributed by atoms with van der Waals surface area (Å²) in [5.41, 5.74) is 0.253. The lowest BCUT2D eigenvalue weighted by atomic mass is 9.65. The van der Waals surface area contributed by atoms with Crippen molar-refractivity contribution in [2.24, 2.45) is 11.3 Å². The Kier molecular flexibility index (Phi) is 6.15. The molecule has 1 nitrogen and oxygen atoms in total. The predicted molar refractivity (Wildman–Crippen MR) is 73.1 cm³/mol. The summed E-state index contributed by atoms with van der Waals surface area (Å²) in [6.45, 7) is 7.41. The molecule has 19 heavy (non-hydrogen) atoms. The Hall–Kier alpha value is -0.250. The molecule has 0 amide bonds. The first-order valence-corrected chi connectivity index (χ1v) is 7.56. The van der Waals surface area contributed by atoms with Gasteiger partial charge in [-0.15, -0.1) is 0 Å². The molecule has 0 aliphatic heterocycles. The second kappa shape index (κ2) is 6.96. The predicted octanol–water partition coefficient (Wildman–Crippen LogP) is 4.91. The summed E-state index contributed by atoms with van der Waals surface area (Å²) >= 11 is 0. The first-order chi connectivity index (χ1) is 8.76. The maximum atomic E-state index is 12.3. The largest absolute Gasteiger partial charge is 0.389 e. The normalized spacial score (nSPS) is 25.3. The Morgan fingerprint density at radius 2 is 1.95 bits per heavy atom. The molecule has 1 aliphatic carbocycles. The summed E-state index contributed by atoms with van der Waals surface area (Å²) in [6.07, 6.45) is 1.03. The van der Waals surface area contributed by atoms with Crippen LogP contribution in [0.15, 0.2) is 0 Å². The van der Waals surface area contributed by atoms with E-state index in [9.17, 15) is 13.2 Å². The van der Waals surface area contributed by atoms with Crippen LogP contribution in [0, 0.1) is 11.3 Å². The van der Waals surface area contributed by atoms with Gasteiger partial charge in [-0.2, -0.15) is 13.2 Å². The van der Waals surface area contributed by atoms with Crippen LogP contribution in [0.5, 0.6) is 0 Å². The van der Waals surface area contributed by atoms with Crippen molar-refractivity contribution in [2.45, 2.75) is 77.9 Å². The molecule has 1 saturated carbocycles. The number of hydrogen-bond donors (Lipinski definition) is 1. The summed E-state index contributed by atoms with van der Waals surface area (Å²) in [5, 5.41) is 3.43. The molecule has 1 aliphatic rings. The van der Waals surface area contributed by atoms with Crippen LogP contribution in [0.3, 0.4) is 0 Å². The number of rotatable bonds is 6. The van der Waals surface area contributed by atoms with E-state index in [4.69, 9.17) is 0 Å². The Morgan fingerprint density at radius 3 is 2.47 bits per heavy atom. The van der Waals surface area contributed by atoms with E-state index >= 15 is 0 Å². The molecule has 2 unspecified atom stereocenters. The third kappa shape index (κ3) is 5.72. The molecule has 1 N–H and O–H groups in total. The highest BCUT2D eigenvalue weighted by molar-refractivity contribution is 4.90. The zero-order chi connectivity index (χ0) is 14.5. The fourth-order valence-electron chi connectivity index (χ4n) is 3.50. The van der Waals surface area contributed by atoms with Crippen molar-refractivity contribution in [3.8, 4) is 0 Å². The summed E-state index contributed by atoms with van der Waals surface area (Å²) in [7, 11) is 0. The molecule has 114 valence electrons. The van der Waals surface area contributed by atoms with Gasteiger partial charge in [-0.1, -0.05) is 33.6 Å². The molecule has 0 spiro atoms. The zero-order valence-corrected chi connectivity index (χ0v) is 12.4. The maximum Gasteiger partial charge on any atom is 0.389 e. The number of nitrogens with one attached hydrogen (secondary N) is 1. The van der Waals surface area contributed by atoms with Crippen molar-refractivity contribution in [2.75, 3.05) is 6.54 Å². The summed E-state index contributed by atoms with van der Waals surface area (Å²) in [4.78, 5) is 0. The van der Waals surface area contributed by atoms with Gasteiger partial charge in [0.15, 0.2) is 0 Å². The van der Waals surface area contributed by atoms with Crippen molar-refractivity contribution in [1.82, 2.24) is 5.32 Å². The average molecular weight is 279 g/mol. The van der Waals surface area contributed by atoms with E-state index in [1.54, 1.807) is 0 Å². The van der Waals surface area contributed by atoms with Crippen molar-refractivity contribution in [3.05, 3.63) is 0 Å². The van der Waals surface area contributed by atoms with E-state index < -0.39 is 12.6 Å². The quantitative estimate of drug-likeness (QED) is 0.728. The summed E-state index contributed by atoms with van der Waals surface area (Å²) < 4.78 is 36.8. The smallest absolute Gasteiger partial charge is 0.314 e. The third-order valence-electron chi connectivity index (χ3n) is 4.52. The highest BCUT2D eigenvalue weighted by atomic mass is 19.4. The fraction of sp³-hybridized carbons (Fsp3) is 1.00. The van der Waals surface area contributed by atoms with Gasteiger partial charge in [0.2, 0.25) is 0 Å². The van der Waals surface area contributed by atoms with Crippen molar-refractivity contribution >= 4 is 0 Å². The number of alkyl halides is 3. The van der Waals surface area contributed by atoms with E-state index in [0.29, 0.717) is 12.3 Å². The topological polar surface area (TPSA) is 12.0 Å². The van der Waals surface area contributed by atoms with Gasteiger partial charge in [0.25, 0.3) is 0 Å². The monoisotopic (exact) mass is 279 g/mol. The number of hydrogen-bond acceptors (Lipinski definition) is 1. The van der Waals surface area contributed by atoms with Crippen molar-refractivity contribution in [1.29, 1.82) is 0 Å². The minimum Gasteiger partial charge on any atom is -0.314 e. The van der Waals surface area contributed by atoms with Gasteiger partial charge in [0.05, 0.1) is 0 Å². The van der Waals surface area contributed by atoms with Gasteiger partial charge in [-0.25, -0.2) is 0 Å². The van der Waals surface area contributed by atoms with Crippen molar-refractivity contribution in [3.63, 3.8) is 0 Å². The van der Waals surface area contributed by atoms with E-state index in [2.05, 4.69) is 19.2 Å². The standard InChI is InChI=1S/C15H28F3N/c1-4-19-13(9-7-11-15(16,17)18)12-8-5-6-10-14(12,2)3/h12-13,19H,4-11H2,1-3H3. The highest BCUT2D eigenvalue weighted by Crippen LogP contribution is 2.43. The van der Waals surface area contributed by atoms with Crippen LogP contribution < -0.4 is 5.32 Å². The maximum absolute atomic E-state index is 12.3. The van der Waals surface area contributed by atoms with Crippen LogP contribution in [0.4, 0.5) is 13.2 Å². The van der Waals surface area contributed by atoms with E-state index in [0.717, 1.165) is 13.0 Å². The van der Waals surface area contributed by atoms with Gasteiger partial charge in [0.1, 0.15) is 0 Å². The lowest BCUT2D eigenvalue weighted by molar-refractivity contribution is -0.136. The minimum atomic E-state index is -4.02. The first-order valence-electron chi connectivity index (χ1n) is 7.56. The molecule has 0 radical (unpaired) electrons. The van der Waals surface area contributed by atoms with E-state index in [1.807, 2.05) is 6.92 Å². The molecule has 0 aromatic heterocycles. The molecule has 0 saturated heterocycles. The second-order valence-electron chi connectivity index (χ2n) is 6.51. The van der Waals surface area contributed by atoms with Crippen LogP contribution in [0.25, 0.3) is 0 Å². The van der Waals surface area contributed by atoms with Gasteiger partial charge >= 0.3 is 6.18 Å². The number of halogens is 3. The average Bonchev–Trinajstić information content (AvgIpc) is 2.26. The highest BCUT2D eigenvalue weighted by Gasteiger charge is 2.37. The van der Waals surface area contributed by atoms with Crippen LogP contribution in [0.1, 0.15) is 65.7 Å². The summed E-state index contributed by atoms with van der Waals surface area (Å²) in [5.74, 6) is 0.509. The molecule has 0 heterocycles. The van der Waals surface area contributed by atoms with Crippen LogP contribution in [0.2, 0.25) is 0 Å². The minimum absolute atomic E-state index is 0.239. The SMILES string of the molecule is CCNC(CCCC(F)(F)F)C1CCCCC1(C)C. The molecule has 0 aromatic carbocycles. The molecule has 0 bridgehead atoms. The molecule has 1 fully saturated rings. The zero-order valence-electron chi connectivity index (χ0n) is 12.4. The Morgan fingerprint density at radius 1 is 1.26 bits per heavy atom. The van der Waals surface area contributed by atoms with Crippen LogP contribution in [-0.4, -0.2) is 18.8 Å². The van der Waals surface area contributed by atoms with Gasteiger partial charge in [0, 0.05) is 12.5 Å². The molecule has 0 aromatic rings. The lowest BCUT2D eigenvalue weighted by Crippen LogP contribution is -2.44.